The van der Waals surface area contributed by atoms with Crippen LogP contribution in [0.25, 0.3) is 0 Å². The Kier molecular flexibility index (Phi) is 4.76. The number of benzene rings is 1. The zero-order chi connectivity index (χ0) is 13.7. The molecule has 2 N–H and O–H groups in total. The number of halogens is 1. The van der Waals surface area contributed by atoms with Crippen LogP contribution in [-0.2, 0) is 6.54 Å². The third-order valence-corrected chi connectivity index (χ3v) is 3.57. The van der Waals surface area contributed by atoms with Crippen molar-refractivity contribution in [2.24, 2.45) is 0 Å². The van der Waals surface area contributed by atoms with Crippen LogP contribution in [0.2, 0.25) is 4.47 Å². The maximum absolute atomic E-state index is 11.7. The summed E-state index contributed by atoms with van der Waals surface area (Å²) < 4.78 is 0.535. The van der Waals surface area contributed by atoms with Crippen molar-refractivity contribution in [2.45, 2.75) is 13.5 Å². The Morgan fingerprint density at radius 3 is 3.00 bits per heavy atom. The fraction of sp³-hybridized carbons (Fsp3) is 0.231. The molecule has 0 saturated heterocycles. The van der Waals surface area contributed by atoms with E-state index >= 15 is 0 Å². The zero-order valence-electron chi connectivity index (χ0n) is 10.4. The Balaban J connectivity index is 2.00. The van der Waals surface area contributed by atoms with Gasteiger partial charge in [0.05, 0.1) is 6.54 Å². The number of thiazole rings is 1. The van der Waals surface area contributed by atoms with Gasteiger partial charge in [0, 0.05) is 28.9 Å². The van der Waals surface area contributed by atoms with Gasteiger partial charge >= 0.3 is 0 Å². The molecule has 100 valence electrons. The van der Waals surface area contributed by atoms with Crippen molar-refractivity contribution in [1.82, 2.24) is 10.3 Å². The molecule has 0 aliphatic heterocycles. The monoisotopic (exact) mass is 295 g/mol. The highest BCUT2D eigenvalue weighted by Gasteiger charge is 2.05. The molecule has 0 saturated carbocycles. The summed E-state index contributed by atoms with van der Waals surface area (Å²) in [5, 5.41) is 6.02. The molecular formula is C13H14ClN3OS. The Hall–Kier alpha value is -1.59. The van der Waals surface area contributed by atoms with Crippen molar-refractivity contribution < 1.29 is 4.79 Å². The molecule has 0 fully saturated rings. The van der Waals surface area contributed by atoms with E-state index in [0.29, 0.717) is 23.1 Å². The first-order chi connectivity index (χ1) is 9.19. The summed E-state index contributed by atoms with van der Waals surface area (Å²) in [6.07, 6.45) is 1.74. The molecule has 2 rings (SSSR count). The molecule has 0 atom stereocenters. The Morgan fingerprint density at radius 1 is 1.47 bits per heavy atom. The first-order valence-electron chi connectivity index (χ1n) is 5.91. The van der Waals surface area contributed by atoms with Gasteiger partial charge in [-0.05, 0) is 25.1 Å². The minimum atomic E-state index is -0.0630. The molecule has 0 spiro atoms. The van der Waals surface area contributed by atoms with E-state index in [2.05, 4.69) is 15.6 Å². The van der Waals surface area contributed by atoms with Crippen LogP contribution in [0.3, 0.4) is 0 Å². The van der Waals surface area contributed by atoms with Gasteiger partial charge in [-0.25, -0.2) is 4.98 Å². The maximum Gasteiger partial charge on any atom is 0.251 e. The van der Waals surface area contributed by atoms with Crippen molar-refractivity contribution in [2.75, 3.05) is 11.9 Å². The van der Waals surface area contributed by atoms with Crippen molar-refractivity contribution in [3.63, 3.8) is 0 Å². The second-order valence-electron chi connectivity index (χ2n) is 3.87. The highest BCUT2D eigenvalue weighted by molar-refractivity contribution is 7.15. The van der Waals surface area contributed by atoms with E-state index in [1.54, 1.807) is 12.3 Å². The lowest BCUT2D eigenvalue weighted by Crippen LogP contribution is -2.22. The van der Waals surface area contributed by atoms with Gasteiger partial charge in [0.25, 0.3) is 5.91 Å². The largest absolute Gasteiger partial charge is 0.380 e. The average Bonchev–Trinajstić information content (AvgIpc) is 2.83. The van der Waals surface area contributed by atoms with E-state index in [9.17, 15) is 4.79 Å². The Morgan fingerprint density at radius 2 is 2.32 bits per heavy atom. The summed E-state index contributed by atoms with van der Waals surface area (Å²) in [5.41, 5.74) is 1.54. The number of carbonyl (C=O) groups is 1. The topological polar surface area (TPSA) is 54.0 Å². The fourth-order valence-electron chi connectivity index (χ4n) is 1.59. The Bertz CT molecular complexity index is 571. The zero-order valence-corrected chi connectivity index (χ0v) is 12.0. The smallest absolute Gasteiger partial charge is 0.251 e. The number of anilines is 1. The summed E-state index contributed by atoms with van der Waals surface area (Å²) in [5.74, 6) is -0.0630. The molecule has 1 aromatic heterocycles. The lowest BCUT2D eigenvalue weighted by atomic mass is 10.2. The van der Waals surface area contributed by atoms with Gasteiger partial charge in [0.2, 0.25) is 0 Å². The normalized spacial score (nSPS) is 10.2. The molecule has 0 aliphatic rings. The number of hydrogen-bond donors (Lipinski definition) is 2. The second-order valence-corrected chi connectivity index (χ2v) is 5.57. The highest BCUT2D eigenvalue weighted by atomic mass is 35.5. The van der Waals surface area contributed by atoms with Crippen LogP contribution < -0.4 is 10.6 Å². The molecule has 1 aromatic carbocycles. The minimum absolute atomic E-state index is 0.0630. The number of rotatable bonds is 5. The van der Waals surface area contributed by atoms with Crippen LogP contribution >= 0.6 is 22.9 Å². The lowest BCUT2D eigenvalue weighted by Gasteiger charge is -2.07. The third kappa shape index (κ3) is 3.94. The van der Waals surface area contributed by atoms with Gasteiger partial charge in [-0.2, -0.15) is 0 Å². The summed E-state index contributed by atoms with van der Waals surface area (Å²) >= 11 is 7.21. The van der Waals surface area contributed by atoms with Gasteiger partial charge in [-0.3, -0.25) is 4.79 Å². The molecule has 0 aliphatic carbocycles. The van der Waals surface area contributed by atoms with Crippen molar-refractivity contribution in [1.29, 1.82) is 0 Å². The SMILES string of the molecule is CCNC(=O)c1cccc(NCc2cnc(Cl)s2)c1. The van der Waals surface area contributed by atoms with Crippen LogP contribution in [0.15, 0.2) is 30.5 Å². The summed E-state index contributed by atoms with van der Waals surface area (Å²) in [6, 6.07) is 7.39. The maximum atomic E-state index is 11.7. The van der Waals surface area contributed by atoms with Crippen molar-refractivity contribution >= 4 is 34.5 Å². The van der Waals surface area contributed by atoms with E-state index in [1.807, 2.05) is 25.1 Å². The molecule has 0 bridgehead atoms. The molecule has 0 unspecified atom stereocenters. The molecular weight excluding hydrogens is 282 g/mol. The number of carbonyl (C=O) groups excluding carboxylic acids is 1. The predicted molar refractivity (Wildman–Crippen MR) is 78.9 cm³/mol. The number of amides is 1. The van der Waals surface area contributed by atoms with Gasteiger partial charge in [0.1, 0.15) is 0 Å². The summed E-state index contributed by atoms with van der Waals surface area (Å²) in [4.78, 5) is 16.7. The molecule has 4 nitrogen and oxygen atoms in total. The third-order valence-electron chi connectivity index (χ3n) is 2.45. The van der Waals surface area contributed by atoms with E-state index in [0.717, 1.165) is 10.6 Å². The van der Waals surface area contributed by atoms with Crippen LogP contribution in [0, 0.1) is 0 Å². The lowest BCUT2D eigenvalue weighted by molar-refractivity contribution is 0.0956. The van der Waals surface area contributed by atoms with Crippen LogP contribution in [-0.4, -0.2) is 17.4 Å². The van der Waals surface area contributed by atoms with Gasteiger partial charge in [-0.15, -0.1) is 11.3 Å². The van der Waals surface area contributed by atoms with Gasteiger partial charge in [-0.1, -0.05) is 17.7 Å². The minimum Gasteiger partial charge on any atom is -0.380 e. The summed E-state index contributed by atoms with van der Waals surface area (Å²) in [6.45, 7) is 3.16. The quantitative estimate of drug-likeness (QED) is 0.891. The number of nitrogens with zero attached hydrogens (tertiary/aromatic N) is 1. The van der Waals surface area contributed by atoms with E-state index in [-0.39, 0.29) is 5.91 Å². The van der Waals surface area contributed by atoms with E-state index in [1.165, 1.54) is 11.3 Å². The number of nitrogens with one attached hydrogen (secondary N) is 2. The van der Waals surface area contributed by atoms with Crippen LogP contribution in [0.4, 0.5) is 5.69 Å². The van der Waals surface area contributed by atoms with E-state index < -0.39 is 0 Å². The molecule has 19 heavy (non-hydrogen) atoms. The average molecular weight is 296 g/mol. The number of hydrogen-bond acceptors (Lipinski definition) is 4. The fourth-order valence-corrected chi connectivity index (χ4v) is 2.51. The number of aromatic nitrogens is 1. The first-order valence-corrected chi connectivity index (χ1v) is 7.11. The summed E-state index contributed by atoms with van der Waals surface area (Å²) in [7, 11) is 0. The van der Waals surface area contributed by atoms with E-state index in [4.69, 9.17) is 11.6 Å². The molecule has 1 heterocycles. The van der Waals surface area contributed by atoms with Crippen molar-refractivity contribution in [3.8, 4) is 0 Å². The van der Waals surface area contributed by atoms with Gasteiger partial charge < -0.3 is 10.6 Å². The molecule has 0 radical (unpaired) electrons. The van der Waals surface area contributed by atoms with Crippen molar-refractivity contribution in [3.05, 3.63) is 45.4 Å². The van der Waals surface area contributed by atoms with Gasteiger partial charge in [0.15, 0.2) is 4.47 Å². The first kappa shape index (κ1) is 13.8. The Labute approximate surface area is 120 Å². The van der Waals surface area contributed by atoms with Crippen LogP contribution in [0.1, 0.15) is 22.2 Å². The standard InChI is InChI=1S/C13H14ClN3OS/c1-2-15-12(18)9-4-3-5-10(6-9)16-7-11-8-17-13(14)19-11/h3-6,8,16H,2,7H2,1H3,(H,15,18). The molecule has 1 amide bonds. The second kappa shape index (κ2) is 6.54. The van der Waals surface area contributed by atoms with Crippen LogP contribution in [0.5, 0.6) is 0 Å². The highest BCUT2D eigenvalue weighted by Crippen LogP contribution is 2.19. The molecule has 2 aromatic rings. The molecule has 6 heteroatoms. The predicted octanol–water partition coefficient (Wildman–Crippen LogP) is 3.16.